The SMILES string of the molecule is CCOC(=O)C1CCC(O)(CN2CCOCC2(C)C)CC1. The van der Waals surface area contributed by atoms with Gasteiger partial charge in [-0.3, -0.25) is 9.69 Å². The van der Waals surface area contributed by atoms with Crippen molar-refractivity contribution in [3.8, 4) is 0 Å². The first-order chi connectivity index (χ1) is 9.86. The number of hydrogen-bond donors (Lipinski definition) is 1. The molecule has 1 aliphatic heterocycles. The molecule has 0 aromatic carbocycles. The zero-order valence-electron chi connectivity index (χ0n) is 13.6. The van der Waals surface area contributed by atoms with Crippen molar-refractivity contribution < 1.29 is 19.4 Å². The number of ether oxygens (including phenoxy) is 2. The minimum absolute atomic E-state index is 0.0357. The number of carbonyl (C=O) groups excluding carboxylic acids is 1. The molecule has 5 nitrogen and oxygen atoms in total. The standard InChI is InChI=1S/C16H29NO4/c1-4-21-14(18)13-5-7-16(19,8-6-13)11-17-9-10-20-12-15(17,2)3/h13,19H,4-12H2,1-3H3. The van der Waals surface area contributed by atoms with Gasteiger partial charge in [0.1, 0.15) is 0 Å². The molecule has 0 radical (unpaired) electrons. The quantitative estimate of drug-likeness (QED) is 0.799. The van der Waals surface area contributed by atoms with Crippen LogP contribution < -0.4 is 0 Å². The van der Waals surface area contributed by atoms with Crippen molar-refractivity contribution >= 4 is 5.97 Å². The van der Waals surface area contributed by atoms with Crippen molar-refractivity contribution in [1.82, 2.24) is 4.90 Å². The van der Waals surface area contributed by atoms with Gasteiger partial charge in [-0.1, -0.05) is 0 Å². The molecule has 0 bridgehead atoms. The van der Waals surface area contributed by atoms with E-state index in [9.17, 15) is 9.90 Å². The van der Waals surface area contributed by atoms with Crippen molar-refractivity contribution in [1.29, 1.82) is 0 Å². The van der Waals surface area contributed by atoms with Crippen LogP contribution in [0.2, 0.25) is 0 Å². The fourth-order valence-electron chi connectivity index (χ4n) is 3.35. The first kappa shape index (κ1) is 16.7. The van der Waals surface area contributed by atoms with E-state index in [1.54, 1.807) is 0 Å². The van der Waals surface area contributed by atoms with Gasteiger partial charge in [0.15, 0.2) is 0 Å². The lowest BCUT2D eigenvalue weighted by Gasteiger charge is -2.47. The first-order valence-electron chi connectivity index (χ1n) is 8.08. The van der Waals surface area contributed by atoms with Crippen LogP contribution in [0.5, 0.6) is 0 Å². The topological polar surface area (TPSA) is 59.0 Å². The Balaban J connectivity index is 1.88. The number of rotatable bonds is 4. The second-order valence-electron chi connectivity index (χ2n) is 7.04. The number of β-amino-alcohol motifs (C(OH)–C–C–N with tert-alkyl or cyclic N) is 1. The third kappa shape index (κ3) is 4.18. The van der Waals surface area contributed by atoms with E-state index >= 15 is 0 Å². The summed E-state index contributed by atoms with van der Waals surface area (Å²) in [4.78, 5) is 14.1. The molecule has 1 aliphatic carbocycles. The summed E-state index contributed by atoms with van der Waals surface area (Å²) in [5.74, 6) is -0.144. The fraction of sp³-hybridized carbons (Fsp3) is 0.938. The summed E-state index contributed by atoms with van der Waals surface area (Å²) in [6.45, 7) is 9.52. The molecule has 0 atom stereocenters. The number of carbonyl (C=O) groups is 1. The molecule has 0 spiro atoms. The zero-order valence-corrected chi connectivity index (χ0v) is 13.6. The highest BCUT2D eigenvalue weighted by Crippen LogP contribution is 2.35. The Morgan fingerprint density at radius 1 is 1.38 bits per heavy atom. The molecule has 0 aromatic heterocycles. The largest absolute Gasteiger partial charge is 0.466 e. The van der Waals surface area contributed by atoms with Crippen LogP contribution in [0.1, 0.15) is 46.5 Å². The molecule has 0 unspecified atom stereocenters. The van der Waals surface area contributed by atoms with Crippen LogP contribution >= 0.6 is 0 Å². The smallest absolute Gasteiger partial charge is 0.308 e. The van der Waals surface area contributed by atoms with E-state index < -0.39 is 5.60 Å². The van der Waals surface area contributed by atoms with Crippen LogP contribution in [0.4, 0.5) is 0 Å². The predicted octanol–water partition coefficient (Wildman–Crippen LogP) is 1.58. The Kier molecular flexibility index (Phi) is 5.28. The van der Waals surface area contributed by atoms with Gasteiger partial charge >= 0.3 is 5.97 Å². The third-order valence-corrected chi connectivity index (χ3v) is 4.84. The highest BCUT2D eigenvalue weighted by atomic mass is 16.5. The first-order valence-corrected chi connectivity index (χ1v) is 8.08. The van der Waals surface area contributed by atoms with E-state index in [1.165, 1.54) is 0 Å². The molecule has 21 heavy (non-hydrogen) atoms. The molecule has 2 rings (SSSR count). The molecule has 5 heteroatoms. The van der Waals surface area contributed by atoms with Gasteiger partial charge in [-0.15, -0.1) is 0 Å². The third-order valence-electron chi connectivity index (χ3n) is 4.84. The molecule has 1 N–H and O–H groups in total. The van der Waals surface area contributed by atoms with E-state index in [0.29, 0.717) is 32.6 Å². The van der Waals surface area contributed by atoms with Crippen LogP contribution in [0.15, 0.2) is 0 Å². The van der Waals surface area contributed by atoms with E-state index in [0.717, 1.165) is 26.0 Å². The molecule has 0 amide bonds. The van der Waals surface area contributed by atoms with Gasteiger partial charge in [0.2, 0.25) is 0 Å². The van der Waals surface area contributed by atoms with Crippen molar-refractivity contribution in [2.24, 2.45) is 5.92 Å². The summed E-state index contributed by atoms with van der Waals surface area (Å²) in [6, 6.07) is 0. The average Bonchev–Trinajstić information content (AvgIpc) is 2.42. The van der Waals surface area contributed by atoms with Gasteiger partial charge in [-0.25, -0.2) is 0 Å². The maximum atomic E-state index is 11.8. The van der Waals surface area contributed by atoms with Crippen molar-refractivity contribution in [2.75, 3.05) is 32.9 Å². The van der Waals surface area contributed by atoms with Gasteiger partial charge in [0.25, 0.3) is 0 Å². The molecular formula is C16H29NO4. The molecule has 2 fully saturated rings. The Morgan fingerprint density at radius 2 is 2.05 bits per heavy atom. The van der Waals surface area contributed by atoms with Crippen LogP contribution in [0, 0.1) is 5.92 Å². The summed E-state index contributed by atoms with van der Waals surface area (Å²) < 4.78 is 10.6. The molecule has 122 valence electrons. The maximum Gasteiger partial charge on any atom is 0.308 e. The lowest BCUT2D eigenvalue weighted by atomic mass is 9.78. The Morgan fingerprint density at radius 3 is 2.62 bits per heavy atom. The molecular weight excluding hydrogens is 270 g/mol. The van der Waals surface area contributed by atoms with Crippen LogP contribution in [-0.4, -0.2) is 60.0 Å². The van der Waals surface area contributed by atoms with Crippen LogP contribution in [0.25, 0.3) is 0 Å². The summed E-state index contributed by atoms with van der Waals surface area (Å²) in [6.07, 6.45) is 2.79. The number of esters is 1. The van der Waals surface area contributed by atoms with E-state index in [1.807, 2.05) is 6.92 Å². The lowest BCUT2D eigenvalue weighted by Crippen LogP contribution is -2.58. The van der Waals surface area contributed by atoms with E-state index in [4.69, 9.17) is 9.47 Å². The lowest BCUT2D eigenvalue weighted by molar-refractivity contribution is -0.152. The molecule has 1 saturated carbocycles. The van der Waals surface area contributed by atoms with Crippen molar-refractivity contribution in [3.05, 3.63) is 0 Å². The molecule has 1 heterocycles. The minimum Gasteiger partial charge on any atom is -0.466 e. The fourth-order valence-corrected chi connectivity index (χ4v) is 3.35. The highest BCUT2D eigenvalue weighted by Gasteiger charge is 2.41. The second kappa shape index (κ2) is 6.63. The maximum absolute atomic E-state index is 11.8. The Labute approximate surface area is 127 Å². The number of morpholine rings is 1. The highest BCUT2D eigenvalue weighted by molar-refractivity contribution is 5.72. The monoisotopic (exact) mass is 299 g/mol. The Hall–Kier alpha value is -0.650. The van der Waals surface area contributed by atoms with Crippen molar-refractivity contribution in [3.63, 3.8) is 0 Å². The van der Waals surface area contributed by atoms with Gasteiger partial charge < -0.3 is 14.6 Å². The van der Waals surface area contributed by atoms with Crippen LogP contribution in [0.3, 0.4) is 0 Å². The number of hydrogen-bond acceptors (Lipinski definition) is 5. The van der Waals surface area contributed by atoms with Gasteiger partial charge in [0, 0.05) is 18.6 Å². The van der Waals surface area contributed by atoms with Crippen molar-refractivity contribution in [2.45, 2.75) is 57.6 Å². The Bertz CT molecular complexity index is 361. The van der Waals surface area contributed by atoms with Crippen LogP contribution in [-0.2, 0) is 14.3 Å². The zero-order chi connectivity index (χ0) is 15.5. The van der Waals surface area contributed by atoms with E-state index in [2.05, 4.69) is 18.7 Å². The van der Waals surface area contributed by atoms with Gasteiger partial charge in [0.05, 0.1) is 31.3 Å². The number of aliphatic hydroxyl groups is 1. The van der Waals surface area contributed by atoms with Gasteiger partial charge in [-0.2, -0.15) is 0 Å². The average molecular weight is 299 g/mol. The summed E-state index contributed by atoms with van der Waals surface area (Å²) in [7, 11) is 0. The predicted molar refractivity (Wildman–Crippen MR) is 80.0 cm³/mol. The van der Waals surface area contributed by atoms with Gasteiger partial charge in [-0.05, 0) is 46.5 Å². The van der Waals surface area contributed by atoms with E-state index in [-0.39, 0.29) is 17.4 Å². The summed E-state index contributed by atoms with van der Waals surface area (Å²) >= 11 is 0. The molecule has 2 aliphatic rings. The second-order valence-corrected chi connectivity index (χ2v) is 7.04. The molecule has 1 saturated heterocycles. The summed E-state index contributed by atoms with van der Waals surface area (Å²) in [5.41, 5.74) is -0.719. The normalized spacial score (nSPS) is 33.6. The number of nitrogens with zero attached hydrogens (tertiary/aromatic N) is 1. The minimum atomic E-state index is -0.683. The molecule has 0 aromatic rings. The summed E-state index contributed by atoms with van der Waals surface area (Å²) in [5, 5.41) is 10.9.